The van der Waals surface area contributed by atoms with Gasteiger partial charge in [0, 0.05) is 39.3 Å². The molecule has 0 bridgehead atoms. The zero-order valence-electron chi connectivity index (χ0n) is 12.0. The SMILES string of the molecule is CC(C)NC(=O)N1CCC(NS(=O)(=O)N(C)C)CC1. The fourth-order valence-electron chi connectivity index (χ4n) is 1.85. The first-order valence-electron chi connectivity index (χ1n) is 6.47. The molecule has 19 heavy (non-hydrogen) atoms. The van der Waals surface area contributed by atoms with E-state index in [0.29, 0.717) is 25.9 Å². The highest BCUT2D eigenvalue weighted by Crippen LogP contribution is 2.12. The van der Waals surface area contributed by atoms with Gasteiger partial charge in [-0.15, -0.1) is 0 Å². The van der Waals surface area contributed by atoms with Gasteiger partial charge in [-0.2, -0.15) is 17.4 Å². The Bertz CT molecular complexity index is 400. The summed E-state index contributed by atoms with van der Waals surface area (Å²) < 4.78 is 27.2. The number of piperidine rings is 1. The molecule has 0 aromatic heterocycles. The first-order valence-corrected chi connectivity index (χ1v) is 7.91. The second kappa shape index (κ2) is 6.53. The van der Waals surface area contributed by atoms with E-state index in [4.69, 9.17) is 0 Å². The number of nitrogens with one attached hydrogen (secondary N) is 2. The van der Waals surface area contributed by atoms with Gasteiger partial charge >= 0.3 is 6.03 Å². The zero-order valence-corrected chi connectivity index (χ0v) is 12.8. The molecule has 0 aliphatic carbocycles. The molecule has 2 amide bonds. The van der Waals surface area contributed by atoms with Gasteiger partial charge in [0.25, 0.3) is 10.2 Å². The van der Waals surface area contributed by atoms with E-state index in [1.54, 1.807) is 4.90 Å². The van der Waals surface area contributed by atoms with Gasteiger partial charge in [-0.25, -0.2) is 4.79 Å². The molecule has 0 spiro atoms. The van der Waals surface area contributed by atoms with Crippen molar-refractivity contribution in [1.29, 1.82) is 0 Å². The maximum absolute atomic E-state index is 11.8. The maximum Gasteiger partial charge on any atom is 0.317 e. The van der Waals surface area contributed by atoms with E-state index >= 15 is 0 Å². The average Bonchev–Trinajstić information content (AvgIpc) is 2.28. The van der Waals surface area contributed by atoms with Crippen molar-refractivity contribution >= 4 is 16.2 Å². The van der Waals surface area contributed by atoms with Crippen molar-refractivity contribution in [3.05, 3.63) is 0 Å². The van der Waals surface area contributed by atoms with E-state index < -0.39 is 10.2 Å². The molecule has 1 fully saturated rings. The van der Waals surface area contributed by atoms with Gasteiger partial charge in [0.05, 0.1) is 0 Å². The molecule has 1 saturated heterocycles. The predicted molar refractivity (Wildman–Crippen MR) is 74.0 cm³/mol. The Balaban J connectivity index is 2.43. The first kappa shape index (κ1) is 16.2. The molecular formula is C11H24N4O3S. The second-order valence-electron chi connectivity index (χ2n) is 5.27. The molecule has 0 radical (unpaired) electrons. The highest BCUT2D eigenvalue weighted by molar-refractivity contribution is 7.87. The Kier molecular flexibility index (Phi) is 5.57. The van der Waals surface area contributed by atoms with E-state index in [1.165, 1.54) is 14.1 Å². The van der Waals surface area contributed by atoms with Crippen LogP contribution in [-0.2, 0) is 10.2 Å². The lowest BCUT2D eigenvalue weighted by atomic mass is 10.1. The first-order chi connectivity index (χ1) is 8.72. The minimum absolute atomic E-state index is 0.0797. The minimum atomic E-state index is -3.39. The molecule has 7 nitrogen and oxygen atoms in total. The summed E-state index contributed by atoms with van der Waals surface area (Å²) in [6.07, 6.45) is 1.27. The largest absolute Gasteiger partial charge is 0.336 e. The number of amides is 2. The third kappa shape index (κ3) is 4.96. The van der Waals surface area contributed by atoms with E-state index in [-0.39, 0.29) is 18.1 Å². The normalized spacial score (nSPS) is 18.1. The summed E-state index contributed by atoms with van der Waals surface area (Å²) in [7, 11) is -0.403. The Hall–Kier alpha value is -0.860. The van der Waals surface area contributed by atoms with Crippen molar-refractivity contribution in [3.63, 3.8) is 0 Å². The number of hydrogen-bond donors (Lipinski definition) is 2. The number of nitrogens with zero attached hydrogens (tertiary/aromatic N) is 2. The number of hydrogen-bond acceptors (Lipinski definition) is 3. The summed E-state index contributed by atoms with van der Waals surface area (Å²) in [6.45, 7) is 4.96. The summed E-state index contributed by atoms with van der Waals surface area (Å²) >= 11 is 0. The van der Waals surface area contributed by atoms with E-state index in [1.807, 2.05) is 13.8 Å². The summed E-state index contributed by atoms with van der Waals surface area (Å²) in [5.74, 6) is 0. The number of urea groups is 1. The van der Waals surface area contributed by atoms with Crippen LogP contribution < -0.4 is 10.0 Å². The molecule has 1 rings (SSSR count). The Morgan fingerprint density at radius 1 is 1.26 bits per heavy atom. The van der Waals surface area contributed by atoms with Crippen molar-refractivity contribution in [2.45, 2.75) is 38.8 Å². The predicted octanol–water partition coefficient (Wildman–Crippen LogP) is -0.0352. The van der Waals surface area contributed by atoms with Crippen LogP contribution in [0.1, 0.15) is 26.7 Å². The number of carbonyl (C=O) groups is 1. The van der Waals surface area contributed by atoms with E-state index in [0.717, 1.165) is 4.31 Å². The molecule has 0 unspecified atom stereocenters. The second-order valence-corrected chi connectivity index (χ2v) is 7.19. The van der Waals surface area contributed by atoms with Gasteiger partial charge in [-0.05, 0) is 26.7 Å². The quantitative estimate of drug-likeness (QED) is 0.763. The van der Waals surface area contributed by atoms with Crippen LogP contribution in [0.15, 0.2) is 0 Å². The standard InChI is InChI=1S/C11H24N4O3S/c1-9(2)12-11(16)15-7-5-10(6-8-15)13-19(17,18)14(3)4/h9-10,13H,5-8H2,1-4H3,(H,12,16). The smallest absolute Gasteiger partial charge is 0.317 e. The molecule has 0 aromatic carbocycles. The van der Waals surface area contributed by atoms with Gasteiger partial charge in [0.1, 0.15) is 0 Å². The van der Waals surface area contributed by atoms with Gasteiger partial charge in [0.15, 0.2) is 0 Å². The Labute approximate surface area is 115 Å². The van der Waals surface area contributed by atoms with Crippen LogP contribution in [0, 0.1) is 0 Å². The van der Waals surface area contributed by atoms with Crippen molar-refractivity contribution in [2.75, 3.05) is 27.2 Å². The molecule has 1 aliphatic rings. The maximum atomic E-state index is 11.8. The molecule has 2 N–H and O–H groups in total. The lowest BCUT2D eigenvalue weighted by molar-refractivity contribution is 0.177. The highest BCUT2D eigenvalue weighted by atomic mass is 32.2. The summed E-state index contributed by atoms with van der Waals surface area (Å²) in [4.78, 5) is 13.5. The van der Waals surface area contributed by atoms with Gasteiger partial charge in [0.2, 0.25) is 0 Å². The monoisotopic (exact) mass is 292 g/mol. The van der Waals surface area contributed by atoms with E-state index in [2.05, 4.69) is 10.0 Å². The Morgan fingerprint density at radius 2 is 1.79 bits per heavy atom. The van der Waals surface area contributed by atoms with Crippen molar-refractivity contribution in [3.8, 4) is 0 Å². The zero-order chi connectivity index (χ0) is 14.6. The third-order valence-electron chi connectivity index (χ3n) is 2.99. The van der Waals surface area contributed by atoms with Crippen LogP contribution in [0.5, 0.6) is 0 Å². The fraction of sp³-hybridized carbons (Fsp3) is 0.909. The van der Waals surface area contributed by atoms with Crippen LogP contribution in [0.25, 0.3) is 0 Å². The molecule has 1 heterocycles. The van der Waals surface area contributed by atoms with Crippen molar-refractivity contribution < 1.29 is 13.2 Å². The Morgan fingerprint density at radius 3 is 2.21 bits per heavy atom. The lowest BCUT2D eigenvalue weighted by Gasteiger charge is -2.33. The van der Waals surface area contributed by atoms with Crippen molar-refractivity contribution in [1.82, 2.24) is 19.2 Å². The van der Waals surface area contributed by atoms with Crippen LogP contribution in [0.4, 0.5) is 4.79 Å². The molecular weight excluding hydrogens is 268 g/mol. The van der Waals surface area contributed by atoms with Crippen LogP contribution in [-0.4, -0.2) is 62.9 Å². The number of carbonyl (C=O) groups excluding carboxylic acids is 1. The van der Waals surface area contributed by atoms with Crippen LogP contribution in [0.2, 0.25) is 0 Å². The number of rotatable bonds is 4. The minimum Gasteiger partial charge on any atom is -0.336 e. The van der Waals surface area contributed by atoms with Gasteiger partial charge < -0.3 is 10.2 Å². The molecule has 8 heteroatoms. The average molecular weight is 292 g/mol. The lowest BCUT2D eigenvalue weighted by Crippen LogP contribution is -2.51. The van der Waals surface area contributed by atoms with Crippen LogP contribution in [0.3, 0.4) is 0 Å². The molecule has 1 aliphatic heterocycles. The molecule has 0 atom stereocenters. The topological polar surface area (TPSA) is 81.8 Å². The van der Waals surface area contributed by atoms with E-state index in [9.17, 15) is 13.2 Å². The third-order valence-corrected chi connectivity index (χ3v) is 4.58. The molecule has 0 saturated carbocycles. The summed E-state index contributed by atoms with van der Waals surface area (Å²) in [5.41, 5.74) is 0. The van der Waals surface area contributed by atoms with Gasteiger partial charge in [-0.3, -0.25) is 0 Å². The fourth-order valence-corrected chi connectivity index (χ4v) is 2.72. The highest BCUT2D eigenvalue weighted by Gasteiger charge is 2.26. The van der Waals surface area contributed by atoms with Gasteiger partial charge in [-0.1, -0.05) is 0 Å². The molecule has 112 valence electrons. The van der Waals surface area contributed by atoms with Crippen molar-refractivity contribution in [2.24, 2.45) is 0 Å². The summed E-state index contributed by atoms with van der Waals surface area (Å²) in [6, 6.07) is -0.0723. The number of likely N-dealkylation sites (tertiary alicyclic amines) is 1. The molecule has 0 aromatic rings. The van der Waals surface area contributed by atoms with Crippen LogP contribution >= 0.6 is 0 Å². The summed E-state index contributed by atoms with van der Waals surface area (Å²) in [5, 5.41) is 2.83.